The number of hydrogen-bond donors (Lipinski definition) is 2. The molecule has 0 spiro atoms. The molecule has 0 fully saturated rings. The van der Waals surface area contributed by atoms with Gasteiger partial charge in [-0.3, -0.25) is 14.7 Å². The predicted molar refractivity (Wildman–Crippen MR) is 101 cm³/mol. The van der Waals surface area contributed by atoms with E-state index >= 15 is 0 Å². The Bertz CT molecular complexity index is 974. The van der Waals surface area contributed by atoms with Crippen LogP contribution in [-0.4, -0.2) is 58.3 Å². The molecule has 3 aromatic rings. The van der Waals surface area contributed by atoms with Crippen LogP contribution >= 0.6 is 0 Å². The van der Waals surface area contributed by atoms with E-state index < -0.39 is 0 Å². The van der Waals surface area contributed by atoms with Crippen LogP contribution in [0.5, 0.6) is 0 Å². The van der Waals surface area contributed by atoms with Gasteiger partial charge in [0.2, 0.25) is 0 Å². The van der Waals surface area contributed by atoms with Crippen LogP contribution < -0.4 is 5.32 Å². The van der Waals surface area contributed by atoms with Crippen LogP contribution in [0.25, 0.3) is 22.6 Å². The van der Waals surface area contributed by atoms with E-state index in [0.717, 1.165) is 31.7 Å². The average Bonchev–Trinajstić information content (AvgIpc) is 3.34. The van der Waals surface area contributed by atoms with Gasteiger partial charge in [0, 0.05) is 37.6 Å². The number of imidazole rings is 1. The Morgan fingerprint density at radius 2 is 2.11 bits per heavy atom. The van der Waals surface area contributed by atoms with Gasteiger partial charge in [-0.2, -0.15) is 0 Å². The van der Waals surface area contributed by atoms with E-state index in [1.54, 1.807) is 24.4 Å². The molecule has 27 heavy (non-hydrogen) atoms. The zero-order valence-corrected chi connectivity index (χ0v) is 14.7. The number of nitrogens with zero attached hydrogens (tertiary/aromatic N) is 4. The second-order valence-corrected chi connectivity index (χ2v) is 6.34. The molecule has 2 N–H and O–H groups in total. The van der Waals surface area contributed by atoms with Crippen LogP contribution in [0, 0.1) is 5.82 Å². The molecular weight excluding hydrogens is 347 g/mol. The SMILES string of the molecule is O=C(NCCCN1CC=NC1)c1ccnc2nc(-c3ccc(F)cc3)[nH]c12. The van der Waals surface area contributed by atoms with E-state index in [4.69, 9.17) is 0 Å². The summed E-state index contributed by atoms with van der Waals surface area (Å²) in [6, 6.07) is 7.67. The fourth-order valence-electron chi connectivity index (χ4n) is 3.01. The highest BCUT2D eigenvalue weighted by molar-refractivity contribution is 6.04. The standard InChI is InChI=1S/C19H19FN6O/c20-14-4-2-13(3-5-14)17-24-16-15(6-8-22-18(16)25-17)19(27)23-7-1-10-26-11-9-21-12-26/h2-6,8-9H,1,7,10-12H2,(H,23,27)(H,22,24,25). The lowest BCUT2D eigenvalue weighted by Gasteiger charge is -2.13. The van der Waals surface area contributed by atoms with Gasteiger partial charge in [0.1, 0.15) is 11.6 Å². The number of hydrogen-bond acceptors (Lipinski definition) is 5. The summed E-state index contributed by atoms with van der Waals surface area (Å²) in [5, 5.41) is 2.94. The van der Waals surface area contributed by atoms with Gasteiger partial charge in [-0.15, -0.1) is 0 Å². The first-order valence-electron chi connectivity index (χ1n) is 8.80. The molecule has 8 heteroatoms. The summed E-state index contributed by atoms with van der Waals surface area (Å²) in [7, 11) is 0. The first-order valence-corrected chi connectivity index (χ1v) is 8.80. The Morgan fingerprint density at radius 3 is 2.89 bits per heavy atom. The van der Waals surface area contributed by atoms with Gasteiger partial charge < -0.3 is 10.3 Å². The molecule has 1 aliphatic rings. The van der Waals surface area contributed by atoms with Crippen molar-refractivity contribution in [3.63, 3.8) is 0 Å². The quantitative estimate of drug-likeness (QED) is 0.655. The maximum atomic E-state index is 13.1. The van der Waals surface area contributed by atoms with E-state index in [1.807, 2.05) is 6.21 Å². The summed E-state index contributed by atoms with van der Waals surface area (Å²) in [6.07, 6.45) is 4.32. The number of benzene rings is 1. The van der Waals surface area contributed by atoms with Crippen LogP contribution in [0.2, 0.25) is 0 Å². The highest BCUT2D eigenvalue weighted by Gasteiger charge is 2.15. The molecule has 0 unspecified atom stereocenters. The third-order valence-corrected chi connectivity index (χ3v) is 4.44. The van der Waals surface area contributed by atoms with Crippen molar-refractivity contribution in [2.45, 2.75) is 6.42 Å². The molecule has 0 aliphatic carbocycles. The number of fused-ring (bicyclic) bond motifs is 1. The van der Waals surface area contributed by atoms with E-state index in [0.29, 0.717) is 29.1 Å². The van der Waals surface area contributed by atoms with Gasteiger partial charge in [-0.25, -0.2) is 14.4 Å². The molecule has 3 heterocycles. The largest absolute Gasteiger partial charge is 0.352 e. The molecule has 1 aliphatic heterocycles. The number of pyridine rings is 1. The Hall–Kier alpha value is -3.13. The molecule has 4 rings (SSSR count). The first-order chi connectivity index (χ1) is 13.2. The van der Waals surface area contributed by atoms with Gasteiger partial charge in [0.15, 0.2) is 5.65 Å². The van der Waals surface area contributed by atoms with Crippen LogP contribution in [0.4, 0.5) is 4.39 Å². The number of aromatic amines is 1. The summed E-state index contributed by atoms with van der Waals surface area (Å²) in [4.78, 5) is 30.7. The molecule has 2 aromatic heterocycles. The number of H-pyrrole nitrogens is 1. The highest BCUT2D eigenvalue weighted by atomic mass is 19.1. The minimum Gasteiger partial charge on any atom is -0.352 e. The second kappa shape index (κ2) is 7.63. The molecule has 0 atom stereocenters. The molecule has 0 radical (unpaired) electrons. The van der Waals surface area contributed by atoms with Gasteiger partial charge in [-0.1, -0.05) is 0 Å². The number of aliphatic imine (C=N–C) groups is 1. The summed E-state index contributed by atoms with van der Waals surface area (Å²) < 4.78 is 13.1. The maximum Gasteiger partial charge on any atom is 0.253 e. The Balaban J connectivity index is 1.46. The van der Waals surface area contributed by atoms with Gasteiger partial charge in [0.05, 0.1) is 17.7 Å². The molecule has 7 nitrogen and oxygen atoms in total. The van der Waals surface area contributed by atoms with E-state index in [1.165, 1.54) is 12.1 Å². The third-order valence-electron chi connectivity index (χ3n) is 4.44. The van der Waals surface area contributed by atoms with E-state index in [2.05, 4.69) is 30.2 Å². The number of carbonyl (C=O) groups is 1. The average molecular weight is 366 g/mol. The van der Waals surface area contributed by atoms with Crippen LogP contribution in [-0.2, 0) is 0 Å². The highest BCUT2D eigenvalue weighted by Crippen LogP contribution is 2.21. The predicted octanol–water partition coefficient (Wildman–Crippen LogP) is 2.23. The minimum atomic E-state index is -0.312. The molecule has 1 amide bonds. The lowest BCUT2D eigenvalue weighted by molar-refractivity contribution is 0.0953. The summed E-state index contributed by atoms with van der Waals surface area (Å²) >= 11 is 0. The number of amides is 1. The number of nitrogens with one attached hydrogen (secondary N) is 2. The lowest BCUT2D eigenvalue weighted by Crippen LogP contribution is -2.29. The normalized spacial score (nSPS) is 14.1. The summed E-state index contributed by atoms with van der Waals surface area (Å²) in [5.41, 5.74) is 2.25. The summed E-state index contributed by atoms with van der Waals surface area (Å²) in [5.74, 6) is 0.0645. The number of rotatable bonds is 6. The maximum absolute atomic E-state index is 13.1. The third kappa shape index (κ3) is 3.85. The van der Waals surface area contributed by atoms with Crippen molar-refractivity contribution in [3.8, 4) is 11.4 Å². The number of halogens is 1. The fourth-order valence-corrected chi connectivity index (χ4v) is 3.01. The summed E-state index contributed by atoms with van der Waals surface area (Å²) in [6.45, 7) is 3.08. The van der Waals surface area contributed by atoms with Gasteiger partial charge >= 0.3 is 0 Å². The number of aromatic nitrogens is 3. The topological polar surface area (TPSA) is 86.3 Å². The molecule has 1 aromatic carbocycles. The molecule has 0 bridgehead atoms. The van der Waals surface area contributed by atoms with Crippen molar-refractivity contribution in [2.75, 3.05) is 26.3 Å². The van der Waals surface area contributed by atoms with Crippen molar-refractivity contribution >= 4 is 23.3 Å². The Kier molecular flexibility index (Phi) is 4.88. The van der Waals surface area contributed by atoms with Crippen LogP contribution in [0.1, 0.15) is 16.8 Å². The van der Waals surface area contributed by atoms with Gasteiger partial charge in [-0.05, 0) is 36.8 Å². The molecule has 0 saturated heterocycles. The fraction of sp³-hybridized carbons (Fsp3) is 0.263. The van der Waals surface area contributed by atoms with Crippen molar-refractivity contribution in [1.29, 1.82) is 0 Å². The van der Waals surface area contributed by atoms with Crippen LogP contribution in [0.15, 0.2) is 41.5 Å². The van der Waals surface area contributed by atoms with Crippen molar-refractivity contribution < 1.29 is 9.18 Å². The number of carbonyl (C=O) groups excluding carboxylic acids is 1. The van der Waals surface area contributed by atoms with Crippen molar-refractivity contribution in [2.24, 2.45) is 4.99 Å². The monoisotopic (exact) mass is 366 g/mol. The van der Waals surface area contributed by atoms with E-state index in [9.17, 15) is 9.18 Å². The van der Waals surface area contributed by atoms with E-state index in [-0.39, 0.29) is 11.7 Å². The lowest BCUT2D eigenvalue weighted by atomic mass is 10.2. The second-order valence-electron chi connectivity index (χ2n) is 6.34. The first kappa shape index (κ1) is 17.3. The Morgan fingerprint density at radius 1 is 1.26 bits per heavy atom. The van der Waals surface area contributed by atoms with Crippen LogP contribution in [0.3, 0.4) is 0 Å². The Labute approximate surface area is 155 Å². The van der Waals surface area contributed by atoms with Crippen molar-refractivity contribution in [1.82, 2.24) is 25.2 Å². The van der Waals surface area contributed by atoms with Gasteiger partial charge in [0.25, 0.3) is 5.91 Å². The minimum absolute atomic E-state index is 0.172. The molecular formula is C19H19FN6O. The molecule has 0 saturated carbocycles. The van der Waals surface area contributed by atoms with Crippen molar-refractivity contribution in [3.05, 3.63) is 47.9 Å². The zero-order chi connectivity index (χ0) is 18.6. The molecule has 138 valence electrons. The smallest absolute Gasteiger partial charge is 0.253 e. The zero-order valence-electron chi connectivity index (χ0n) is 14.7.